The van der Waals surface area contributed by atoms with Gasteiger partial charge in [-0.1, -0.05) is 19.3 Å². The molecule has 0 radical (unpaired) electrons. The number of hydrogen-bond donors (Lipinski definition) is 1. The summed E-state index contributed by atoms with van der Waals surface area (Å²) < 4.78 is 11.1. The van der Waals surface area contributed by atoms with Crippen molar-refractivity contribution < 1.29 is 9.47 Å². The highest BCUT2D eigenvalue weighted by Gasteiger charge is 2.24. The van der Waals surface area contributed by atoms with Crippen LogP contribution in [-0.2, 0) is 9.47 Å². The Morgan fingerprint density at radius 2 is 2.11 bits per heavy atom. The van der Waals surface area contributed by atoms with Crippen molar-refractivity contribution in [2.75, 3.05) is 43.6 Å². The van der Waals surface area contributed by atoms with Gasteiger partial charge in [-0.05, 0) is 19.8 Å². The van der Waals surface area contributed by atoms with Crippen molar-refractivity contribution in [3.63, 3.8) is 0 Å². The van der Waals surface area contributed by atoms with Gasteiger partial charge < -0.3 is 19.7 Å². The minimum atomic E-state index is 0.0639. The van der Waals surface area contributed by atoms with Gasteiger partial charge in [0.15, 0.2) is 10.8 Å². The molecule has 0 spiro atoms. The number of anilines is 2. The van der Waals surface area contributed by atoms with E-state index in [9.17, 15) is 0 Å². The van der Waals surface area contributed by atoms with Crippen LogP contribution in [0.2, 0.25) is 0 Å². The molecule has 28 heavy (non-hydrogen) atoms. The number of rotatable bonds is 6. The van der Waals surface area contributed by atoms with E-state index >= 15 is 0 Å². The van der Waals surface area contributed by atoms with Gasteiger partial charge in [-0.2, -0.15) is 0 Å². The van der Waals surface area contributed by atoms with Crippen molar-refractivity contribution in [3.05, 3.63) is 17.1 Å². The summed E-state index contributed by atoms with van der Waals surface area (Å²) in [5.74, 6) is 2.53. The van der Waals surface area contributed by atoms with Crippen LogP contribution in [-0.4, -0.2) is 60.5 Å². The van der Waals surface area contributed by atoms with Crippen LogP contribution in [0.25, 0.3) is 10.8 Å². The molecule has 2 aromatic heterocycles. The number of nitrogens with zero attached hydrogens (tertiary/aromatic N) is 4. The fraction of sp³-hybridized carbons (Fsp3) is 0.650. The highest BCUT2D eigenvalue weighted by molar-refractivity contribution is 7.13. The quantitative estimate of drug-likeness (QED) is 0.791. The molecule has 0 bridgehead atoms. The molecule has 1 aliphatic carbocycles. The molecule has 1 saturated heterocycles. The first kappa shape index (κ1) is 19.5. The summed E-state index contributed by atoms with van der Waals surface area (Å²) in [5, 5.41) is 6.57. The molecule has 152 valence electrons. The summed E-state index contributed by atoms with van der Waals surface area (Å²) in [6.07, 6.45) is 6.39. The summed E-state index contributed by atoms with van der Waals surface area (Å²) in [7, 11) is 1.71. The molecular formula is C20H29N5O2S. The van der Waals surface area contributed by atoms with Crippen molar-refractivity contribution in [3.8, 4) is 10.8 Å². The summed E-state index contributed by atoms with van der Waals surface area (Å²) in [5.41, 5.74) is 1.00. The van der Waals surface area contributed by atoms with Crippen molar-refractivity contribution in [1.29, 1.82) is 0 Å². The monoisotopic (exact) mass is 403 g/mol. The van der Waals surface area contributed by atoms with E-state index in [1.165, 1.54) is 32.1 Å². The van der Waals surface area contributed by atoms with E-state index in [0.29, 0.717) is 25.1 Å². The van der Waals surface area contributed by atoms with Crippen LogP contribution >= 0.6 is 11.3 Å². The van der Waals surface area contributed by atoms with Crippen LogP contribution in [0.3, 0.4) is 0 Å². The summed E-state index contributed by atoms with van der Waals surface area (Å²) in [4.78, 5) is 16.5. The zero-order valence-corrected chi connectivity index (χ0v) is 17.5. The number of ether oxygens (including phenoxy) is 2. The number of nitrogens with one attached hydrogen (secondary N) is 1. The van der Waals surface area contributed by atoms with Gasteiger partial charge in [-0.3, -0.25) is 0 Å². The fourth-order valence-corrected chi connectivity index (χ4v) is 4.62. The van der Waals surface area contributed by atoms with E-state index in [2.05, 4.69) is 21.3 Å². The summed E-state index contributed by atoms with van der Waals surface area (Å²) in [6, 6.07) is 2.57. The molecule has 2 aliphatic rings. The van der Waals surface area contributed by atoms with E-state index in [-0.39, 0.29) is 6.10 Å². The number of aryl methyl sites for hydroxylation is 1. The molecule has 4 rings (SSSR count). The van der Waals surface area contributed by atoms with Gasteiger partial charge in [0.2, 0.25) is 0 Å². The van der Waals surface area contributed by atoms with Gasteiger partial charge in [-0.15, -0.1) is 11.3 Å². The minimum absolute atomic E-state index is 0.0639. The molecule has 1 unspecified atom stereocenters. The highest BCUT2D eigenvalue weighted by Crippen LogP contribution is 2.28. The van der Waals surface area contributed by atoms with E-state index in [4.69, 9.17) is 19.4 Å². The van der Waals surface area contributed by atoms with Crippen LogP contribution in [0, 0.1) is 6.92 Å². The SMILES string of the molecule is COCC1CN(c2cc(NC3CCCCC3)nc(-c3nc(C)cs3)n2)CCO1. The number of aromatic nitrogens is 3. The maximum absolute atomic E-state index is 5.80. The number of methoxy groups -OCH3 is 1. The lowest BCUT2D eigenvalue weighted by Gasteiger charge is -2.33. The molecule has 2 aromatic rings. The van der Waals surface area contributed by atoms with Crippen molar-refractivity contribution in [2.24, 2.45) is 0 Å². The number of morpholine rings is 1. The van der Waals surface area contributed by atoms with Crippen LogP contribution in [0.15, 0.2) is 11.4 Å². The largest absolute Gasteiger partial charge is 0.382 e. The van der Waals surface area contributed by atoms with Gasteiger partial charge in [0.25, 0.3) is 0 Å². The van der Waals surface area contributed by atoms with Crippen molar-refractivity contribution in [1.82, 2.24) is 15.0 Å². The Morgan fingerprint density at radius 3 is 2.86 bits per heavy atom. The minimum Gasteiger partial charge on any atom is -0.382 e. The van der Waals surface area contributed by atoms with Gasteiger partial charge in [-0.25, -0.2) is 15.0 Å². The Morgan fingerprint density at radius 1 is 1.25 bits per heavy atom. The molecule has 3 heterocycles. The molecule has 0 amide bonds. The van der Waals surface area contributed by atoms with E-state index in [1.54, 1.807) is 18.4 Å². The molecule has 0 aromatic carbocycles. The molecule has 1 saturated carbocycles. The Balaban J connectivity index is 1.61. The second kappa shape index (κ2) is 9.15. The number of hydrogen-bond acceptors (Lipinski definition) is 8. The standard InChI is InChI=1S/C20H29N5O2S/c1-14-13-28-20(21-14)19-23-17(22-15-6-4-3-5-7-15)10-18(24-19)25-8-9-27-16(11-25)12-26-2/h10,13,15-16H,3-9,11-12H2,1-2H3,(H,22,23,24). The van der Waals surface area contributed by atoms with Crippen LogP contribution in [0.1, 0.15) is 37.8 Å². The molecule has 1 aliphatic heterocycles. The average molecular weight is 404 g/mol. The van der Waals surface area contributed by atoms with E-state index in [0.717, 1.165) is 35.4 Å². The summed E-state index contributed by atoms with van der Waals surface area (Å²) >= 11 is 1.59. The predicted octanol–water partition coefficient (Wildman–Crippen LogP) is 3.50. The van der Waals surface area contributed by atoms with Gasteiger partial charge in [0.05, 0.1) is 19.3 Å². The Hall–Kier alpha value is -1.77. The lowest BCUT2D eigenvalue weighted by Crippen LogP contribution is -2.44. The molecule has 8 heteroatoms. The third-order valence-corrected chi connectivity index (χ3v) is 6.25. The molecule has 2 fully saturated rings. The van der Waals surface area contributed by atoms with E-state index in [1.807, 2.05) is 12.3 Å². The lowest BCUT2D eigenvalue weighted by atomic mass is 9.95. The van der Waals surface area contributed by atoms with Gasteiger partial charge >= 0.3 is 0 Å². The Labute approximate surface area is 170 Å². The molecule has 1 N–H and O–H groups in total. The molecule has 1 atom stereocenters. The van der Waals surface area contributed by atoms with Crippen molar-refractivity contribution >= 4 is 23.0 Å². The van der Waals surface area contributed by atoms with Gasteiger partial charge in [0.1, 0.15) is 11.6 Å². The second-order valence-electron chi connectivity index (χ2n) is 7.60. The first-order chi connectivity index (χ1) is 13.7. The van der Waals surface area contributed by atoms with Crippen LogP contribution in [0.4, 0.5) is 11.6 Å². The number of thiazole rings is 1. The maximum atomic E-state index is 5.80. The molecular weight excluding hydrogens is 374 g/mol. The Kier molecular flexibility index (Phi) is 6.39. The zero-order valence-electron chi connectivity index (χ0n) is 16.7. The lowest BCUT2D eigenvalue weighted by molar-refractivity contribution is -0.0102. The molecule has 7 nitrogen and oxygen atoms in total. The normalized spacial score (nSPS) is 21.1. The van der Waals surface area contributed by atoms with Crippen LogP contribution in [0.5, 0.6) is 0 Å². The Bertz CT molecular complexity index is 776. The third kappa shape index (κ3) is 4.79. The average Bonchev–Trinajstić information content (AvgIpc) is 3.15. The van der Waals surface area contributed by atoms with Crippen molar-refractivity contribution in [2.45, 2.75) is 51.2 Å². The van der Waals surface area contributed by atoms with Crippen LogP contribution < -0.4 is 10.2 Å². The van der Waals surface area contributed by atoms with E-state index < -0.39 is 0 Å². The summed E-state index contributed by atoms with van der Waals surface area (Å²) in [6.45, 7) is 4.85. The first-order valence-corrected chi connectivity index (χ1v) is 11.0. The third-order valence-electron chi connectivity index (χ3n) is 5.30. The fourth-order valence-electron chi connectivity index (χ4n) is 3.89. The second-order valence-corrected chi connectivity index (χ2v) is 8.46. The topological polar surface area (TPSA) is 72.4 Å². The highest BCUT2D eigenvalue weighted by atomic mass is 32.1. The van der Waals surface area contributed by atoms with Gasteiger partial charge in [0, 0.05) is 43.4 Å². The maximum Gasteiger partial charge on any atom is 0.192 e. The zero-order chi connectivity index (χ0) is 19.3. The first-order valence-electron chi connectivity index (χ1n) is 10.1. The smallest absolute Gasteiger partial charge is 0.192 e. The predicted molar refractivity (Wildman–Crippen MR) is 112 cm³/mol.